The maximum absolute atomic E-state index is 12.4. The van der Waals surface area contributed by atoms with Crippen LogP contribution in [0, 0.1) is 0 Å². The van der Waals surface area contributed by atoms with Crippen LogP contribution in [0.15, 0.2) is 85.3 Å². The Balaban J connectivity index is 1.60. The van der Waals surface area contributed by atoms with E-state index in [0.29, 0.717) is 5.69 Å². The summed E-state index contributed by atoms with van der Waals surface area (Å²) in [4.78, 5) is 4.14. The van der Waals surface area contributed by atoms with E-state index in [1.807, 2.05) is 59.3 Å². The van der Waals surface area contributed by atoms with Crippen LogP contribution in [0.2, 0.25) is 0 Å². The summed E-state index contributed by atoms with van der Waals surface area (Å²) in [5.74, 6) is -0.0530. The molecule has 0 aliphatic rings. The van der Waals surface area contributed by atoms with Gasteiger partial charge in [-0.15, -0.1) is 0 Å². The van der Waals surface area contributed by atoms with Crippen molar-refractivity contribution in [3.8, 4) is 5.69 Å². The van der Waals surface area contributed by atoms with E-state index in [4.69, 9.17) is 0 Å². The Bertz CT molecular complexity index is 1140. The van der Waals surface area contributed by atoms with Crippen LogP contribution in [0.4, 0.5) is 5.69 Å². The SMILES string of the molecule is O=S(=O)(Cc1ccccc1)Nc1ccc2c(ccn2-c2cccnc2)c1. The lowest BCUT2D eigenvalue weighted by atomic mass is 10.2. The van der Waals surface area contributed by atoms with E-state index < -0.39 is 10.0 Å². The van der Waals surface area contributed by atoms with Crippen molar-refractivity contribution in [1.82, 2.24) is 9.55 Å². The Morgan fingerprint density at radius 3 is 2.58 bits per heavy atom. The first-order valence-corrected chi connectivity index (χ1v) is 9.82. The van der Waals surface area contributed by atoms with E-state index in [1.165, 1.54) is 0 Å². The van der Waals surface area contributed by atoms with Gasteiger partial charge in [-0.2, -0.15) is 0 Å². The zero-order chi connectivity index (χ0) is 18.0. The van der Waals surface area contributed by atoms with Crippen LogP contribution in [-0.2, 0) is 15.8 Å². The van der Waals surface area contributed by atoms with Crippen molar-refractivity contribution in [1.29, 1.82) is 0 Å². The molecule has 0 radical (unpaired) electrons. The summed E-state index contributed by atoms with van der Waals surface area (Å²) in [7, 11) is -3.47. The maximum Gasteiger partial charge on any atom is 0.236 e. The molecule has 5 nitrogen and oxygen atoms in total. The number of benzene rings is 2. The molecule has 6 heteroatoms. The molecule has 0 spiro atoms. The second-order valence-corrected chi connectivity index (χ2v) is 7.74. The summed E-state index contributed by atoms with van der Waals surface area (Å²) in [5, 5.41) is 0.953. The molecule has 0 fully saturated rings. The number of aromatic nitrogens is 2. The molecule has 0 unspecified atom stereocenters. The van der Waals surface area contributed by atoms with E-state index >= 15 is 0 Å². The maximum atomic E-state index is 12.4. The predicted octanol–water partition coefficient (Wildman–Crippen LogP) is 3.97. The summed E-state index contributed by atoms with van der Waals surface area (Å²) in [6.07, 6.45) is 5.47. The predicted molar refractivity (Wildman–Crippen MR) is 104 cm³/mol. The van der Waals surface area contributed by atoms with Crippen molar-refractivity contribution in [3.05, 3.63) is 90.9 Å². The van der Waals surface area contributed by atoms with Crippen molar-refractivity contribution >= 4 is 26.6 Å². The Hall–Kier alpha value is -3.12. The standard InChI is InChI=1S/C20H17N3O2S/c24-26(25,15-16-5-2-1-3-6-16)22-18-8-9-20-17(13-18)10-12-23(20)19-7-4-11-21-14-19/h1-14,22H,15H2. The Labute approximate surface area is 152 Å². The molecule has 2 aromatic heterocycles. The Kier molecular flexibility index (Phi) is 4.18. The number of hydrogen-bond donors (Lipinski definition) is 1. The second-order valence-electron chi connectivity index (χ2n) is 6.02. The van der Waals surface area contributed by atoms with Crippen LogP contribution < -0.4 is 4.72 Å². The average Bonchev–Trinajstić information content (AvgIpc) is 3.05. The van der Waals surface area contributed by atoms with E-state index in [0.717, 1.165) is 22.2 Å². The highest BCUT2D eigenvalue weighted by atomic mass is 32.2. The molecule has 26 heavy (non-hydrogen) atoms. The minimum Gasteiger partial charge on any atom is -0.315 e. The molecule has 1 N–H and O–H groups in total. The molecule has 4 aromatic rings. The van der Waals surface area contributed by atoms with Crippen LogP contribution in [-0.4, -0.2) is 18.0 Å². The molecule has 2 aromatic carbocycles. The Morgan fingerprint density at radius 1 is 0.962 bits per heavy atom. The van der Waals surface area contributed by atoms with Gasteiger partial charge < -0.3 is 4.57 Å². The van der Waals surface area contributed by atoms with Gasteiger partial charge in [0.05, 0.1) is 23.2 Å². The first kappa shape index (κ1) is 16.4. The van der Waals surface area contributed by atoms with Crippen LogP contribution in [0.5, 0.6) is 0 Å². The topological polar surface area (TPSA) is 64.0 Å². The summed E-state index contributed by atoms with van der Waals surface area (Å²) in [6, 6.07) is 20.5. The largest absolute Gasteiger partial charge is 0.315 e. The number of nitrogens with zero attached hydrogens (tertiary/aromatic N) is 2. The van der Waals surface area contributed by atoms with Crippen molar-refractivity contribution in [2.24, 2.45) is 0 Å². The third-order valence-electron chi connectivity index (χ3n) is 4.09. The van der Waals surface area contributed by atoms with Gasteiger partial charge in [0, 0.05) is 23.5 Å². The molecule has 2 heterocycles. The summed E-state index contributed by atoms with van der Waals surface area (Å²) in [6.45, 7) is 0. The Morgan fingerprint density at radius 2 is 1.81 bits per heavy atom. The first-order valence-electron chi connectivity index (χ1n) is 8.17. The highest BCUT2D eigenvalue weighted by molar-refractivity contribution is 7.91. The minimum atomic E-state index is -3.47. The monoisotopic (exact) mass is 363 g/mol. The molecule has 0 saturated heterocycles. The van der Waals surface area contributed by atoms with E-state index in [2.05, 4.69) is 9.71 Å². The molecule has 0 bridgehead atoms. The van der Waals surface area contributed by atoms with E-state index in [1.54, 1.807) is 30.6 Å². The zero-order valence-electron chi connectivity index (χ0n) is 13.9. The van der Waals surface area contributed by atoms with Gasteiger partial charge in [-0.3, -0.25) is 9.71 Å². The molecule has 4 rings (SSSR count). The molecule has 0 atom stereocenters. The summed E-state index contributed by atoms with van der Waals surface area (Å²) >= 11 is 0. The lowest BCUT2D eigenvalue weighted by Gasteiger charge is -2.09. The van der Waals surface area contributed by atoms with Crippen molar-refractivity contribution in [2.75, 3.05) is 4.72 Å². The normalized spacial score (nSPS) is 11.5. The van der Waals surface area contributed by atoms with Crippen molar-refractivity contribution < 1.29 is 8.42 Å². The molecular weight excluding hydrogens is 346 g/mol. The number of fused-ring (bicyclic) bond motifs is 1. The van der Waals surface area contributed by atoms with Gasteiger partial charge in [0.25, 0.3) is 0 Å². The number of hydrogen-bond acceptors (Lipinski definition) is 3. The fraction of sp³-hybridized carbons (Fsp3) is 0.0500. The number of nitrogens with one attached hydrogen (secondary N) is 1. The third-order valence-corrected chi connectivity index (χ3v) is 5.35. The van der Waals surface area contributed by atoms with E-state index in [9.17, 15) is 8.42 Å². The minimum absolute atomic E-state index is 0.0530. The van der Waals surface area contributed by atoms with Crippen LogP contribution in [0.1, 0.15) is 5.56 Å². The molecule has 0 amide bonds. The van der Waals surface area contributed by atoms with Crippen molar-refractivity contribution in [3.63, 3.8) is 0 Å². The van der Waals surface area contributed by atoms with Gasteiger partial charge in [-0.1, -0.05) is 30.3 Å². The quantitative estimate of drug-likeness (QED) is 0.584. The molecule has 0 saturated carbocycles. The molecule has 130 valence electrons. The highest BCUT2D eigenvalue weighted by Crippen LogP contribution is 2.24. The van der Waals surface area contributed by atoms with Crippen molar-refractivity contribution in [2.45, 2.75) is 5.75 Å². The average molecular weight is 363 g/mol. The van der Waals surface area contributed by atoms with Crippen LogP contribution in [0.25, 0.3) is 16.6 Å². The van der Waals surface area contributed by atoms with Gasteiger partial charge in [0.1, 0.15) is 0 Å². The molecular formula is C20H17N3O2S. The van der Waals surface area contributed by atoms with Gasteiger partial charge in [0.2, 0.25) is 10.0 Å². The summed E-state index contributed by atoms with van der Waals surface area (Å²) < 4.78 is 29.5. The highest BCUT2D eigenvalue weighted by Gasteiger charge is 2.12. The third kappa shape index (κ3) is 3.45. The van der Waals surface area contributed by atoms with E-state index in [-0.39, 0.29) is 5.75 Å². The fourth-order valence-electron chi connectivity index (χ4n) is 2.94. The summed E-state index contributed by atoms with van der Waals surface area (Å²) in [5.41, 5.74) is 3.25. The first-order chi connectivity index (χ1) is 12.6. The smallest absolute Gasteiger partial charge is 0.236 e. The van der Waals surface area contributed by atoms with Crippen LogP contribution in [0.3, 0.4) is 0 Å². The van der Waals surface area contributed by atoms with Gasteiger partial charge >= 0.3 is 0 Å². The second kappa shape index (κ2) is 6.65. The van der Waals surface area contributed by atoms with Gasteiger partial charge in [-0.05, 0) is 42.0 Å². The lowest BCUT2D eigenvalue weighted by molar-refractivity contribution is 0.600. The zero-order valence-corrected chi connectivity index (χ0v) is 14.7. The number of rotatable bonds is 5. The number of pyridine rings is 1. The van der Waals surface area contributed by atoms with Crippen LogP contribution >= 0.6 is 0 Å². The molecule has 0 aliphatic carbocycles. The molecule has 0 aliphatic heterocycles. The number of anilines is 1. The number of sulfonamides is 1. The fourth-order valence-corrected chi connectivity index (χ4v) is 4.13. The lowest BCUT2D eigenvalue weighted by Crippen LogP contribution is -2.14. The van der Waals surface area contributed by atoms with Gasteiger partial charge in [0.15, 0.2) is 0 Å². The van der Waals surface area contributed by atoms with Gasteiger partial charge in [-0.25, -0.2) is 8.42 Å².